The van der Waals surface area contributed by atoms with Gasteiger partial charge < -0.3 is 4.90 Å². The van der Waals surface area contributed by atoms with Crippen molar-refractivity contribution in [3.05, 3.63) is 95.8 Å². The van der Waals surface area contributed by atoms with Gasteiger partial charge in [-0.2, -0.15) is 0 Å². The Morgan fingerprint density at radius 1 is 0.906 bits per heavy atom. The Balaban J connectivity index is 1.45. The summed E-state index contributed by atoms with van der Waals surface area (Å²) in [5, 5.41) is 0. The summed E-state index contributed by atoms with van der Waals surface area (Å²) in [4.78, 5) is 19.5. The third-order valence-corrected chi connectivity index (χ3v) is 7.98. The molecule has 166 valence electrons. The van der Waals surface area contributed by atoms with Crippen LogP contribution in [0.25, 0.3) is 0 Å². The molecule has 1 fully saturated rings. The van der Waals surface area contributed by atoms with Gasteiger partial charge in [0.05, 0.1) is 10.6 Å². The fourth-order valence-corrected chi connectivity index (χ4v) is 5.21. The fraction of sp³-hybridized carbons (Fsp3) is 0.308. The molecule has 0 radical (unpaired) electrons. The maximum absolute atomic E-state index is 13.0. The van der Waals surface area contributed by atoms with Crippen molar-refractivity contribution in [1.82, 2.24) is 9.88 Å². The summed E-state index contributed by atoms with van der Waals surface area (Å²) >= 11 is 0. The Bertz CT molecular complexity index is 1100. The lowest BCUT2D eigenvalue weighted by molar-refractivity contribution is -0.130. The Morgan fingerprint density at radius 2 is 1.47 bits per heavy atom. The number of hydrogen-bond acceptors (Lipinski definition) is 4. The van der Waals surface area contributed by atoms with E-state index in [0.29, 0.717) is 25.9 Å². The third-order valence-electron chi connectivity index (χ3n) is 6.26. The van der Waals surface area contributed by atoms with E-state index in [2.05, 4.69) is 53.5 Å². The van der Waals surface area contributed by atoms with Crippen molar-refractivity contribution in [2.45, 2.75) is 36.5 Å². The normalized spacial score (nSPS) is 18.6. The van der Waals surface area contributed by atoms with Crippen LogP contribution in [0.5, 0.6) is 0 Å². The van der Waals surface area contributed by atoms with Crippen LogP contribution in [0, 0.1) is 0 Å². The van der Waals surface area contributed by atoms with Gasteiger partial charge in [0.25, 0.3) is 0 Å². The van der Waals surface area contributed by atoms with E-state index in [-0.39, 0.29) is 28.4 Å². The van der Waals surface area contributed by atoms with Crippen molar-refractivity contribution < 1.29 is 13.2 Å². The molecule has 4 rings (SSSR count). The minimum atomic E-state index is -3.26. The second-order valence-electron chi connectivity index (χ2n) is 8.22. The van der Waals surface area contributed by atoms with Crippen molar-refractivity contribution >= 4 is 15.7 Å². The highest BCUT2D eigenvalue weighted by Gasteiger charge is 2.36. The standard InChI is InChI=1S/C26H28N2O3S/c1-2-32(30,31)23-15-13-22(27-17-23)14-16-26(29)28-18-24(20-9-5-3-6-10-20)25(19-28)21-11-7-4-8-12-21/h3-13,15,17,24-25H,2,14,16,18-19H2,1H3. The van der Waals surface area contributed by atoms with E-state index in [0.717, 1.165) is 5.69 Å². The molecular weight excluding hydrogens is 420 g/mol. The van der Waals surface area contributed by atoms with Gasteiger partial charge in [0.1, 0.15) is 0 Å². The molecule has 0 spiro atoms. The molecule has 2 unspecified atom stereocenters. The number of rotatable bonds is 7. The smallest absolute Gasteiger partial charge is 0.222 e. The molecule has 6 heteroatoms. The van der Waals surface area contributed by atoms with Crippen molar-refractivity contribution in [3.63, 3.8) is 0 Å². The number of likely N-dealkylation sites (tertiary alicyclic amines) is 1. The van der Waals surface area contributed by atoms with Crippen molar-refractivity contribution in [2.24, 2.45) is 0 Å². The summed E-state index contributed by atoms with van der Waals surface area (Å²) in [5.74, 6) is 0.682. The third kappa shape index (κ3) is 4.91. The zero-order valence-electron chi connectivity index (χ0n) is 18.2. The fourth-order valence-electron chi connectivity index (χ4n) is 4.39. The molecule has 2 atom stereocenters. The highest BCUT2D eigenvalue weighted by molar-refractivity contribution is 7.91. The molecule has 0 saturated carbocycles. The van der Waals surface area contributed by atoms with Gasteiger partial charge >= 0.3 is 0 Å². The molecular formula is C26H28N2O3S. The van der Waals surface area contributed by atoms with E-state index in [1.807, 2.05) is 17.0 Å². The van der Waals surface area contributed by atoms with Crippen LogP contribution in [0.3, 0.4) is 0 Å². The Morgan fingerprint density at radius 3 is 1.94 bits per heavy atom. The minimum absolute atomic E-state index is 0.0482. The number of amides is 1. The van der Waals surface area contributed by atoms with E-state index in [1.165, 1.54) is 17.3 Å². The summed E-state index contributed by atoms with van der Waals surface area (Å²) in [6, 6.07) is 24.1. The number of nitrogens with zero attached hydrogens (tertiary/aromatic N) is 2. The summed E-state index contributed by atoms with van der Waals surface area (Å²) in [5.41, 5.74) is 3.24. The van der Waals surface area contributed by atoms with Crippen molar-refractivity contribution in [3.8, 4) is 0 Å². The zero-order chi connectivity index (χ0) is 22.6. The first-order valence-electron chi connectivity index (χ1n) is 11.0. The molecule has 1 aliphatic heterocycles. The lowest BCUT2D eigenvalue weighted by atomic mass is 9.84. The molecule has 0 bridgehead atoms. The predicted octanol–water partition coefficient (Wildman–Crippen LogP) is 4.22. The van der Waals surface area contributed by atoms with Crippen molar-refractivity contribution in [1.29, 1.82) is 0 Å². The van der Waals surface area contributed by atoms with Crippen LogP contribution in [0.4, 0.5) is 0 Å². The quantitative estimate of drug-likeness (QED) is 0.543. The number of aryl methyl sites for hydroxylation is 1. The molecule has 1 aromatic heterocycles. The topological polar surface area (TPSA) is 67.3 Å². The number of pyridine rings is 1. The average Bonchev–Trinajstić information content (AvgIpc) is 3.30. The van der Waals surface area contributed by atoms with Crippen LogP contribution in [-0.4, -0.2) is 43.1 Å². The summed E-state index contributed by atoms with van der Waals surface area (Å²) in [7, 11) is -3.26. The zero-order valence-corrected chi connectivity index (χ0v) is 19.0. The Labute approximate surface area is 190 Å². The van der Waals surface area contributed by atoms with E-state index >= 15 is 0 Å². The molecule has 0 aliphatic carbocycles. The monoisotopic (exact) mass is 448 g/mol. The van der Waals surface area contributed by atoms with Gasteiger partial charge in [-0.1, -0.05) is 67.6 Å². The maximum Gasteiger partial charge on any atom is 0.222 e. The Kier molecular flexibility index (Phi) is 6.70. The van der Waals surface area contributed by atoms with Gasteiger partial charge in [0.15, 0.2) is 9.84 Å². The number of sulfone groups is 1. The highest BCUT2D eigenvalue weighted by atomic mass is 32.2. The predicted molar refractivity (Wildman–Crippen MR) is 125 cm³/mol. The first-order valence-corrected chi connectivity index (χ1v) is 12.7. The largest absolute Gasteiger partial charge is 0.341 e. The number of carbonyl (C=O) groups excluding carboxylic acids is 1. The van der Waals surface area contributed by atoms with Crippen LogP contribution in [0.1, 0.15) is 42.0 Å². The van der Waals surface area contributed by atoms with Gasteiger partial charge in [0, 0.05) is 43.2 Å². The first kappa shape index (κ1) is 22.2. The lowest BCUT2D eigenvalue weighted by Crippen LogP contribution is -2.29. The number of benzene rings is 2. The molecule has 5 nitrogen and oxygen atoms in total. The summed E-state index contributed by atoms with van der Waals surface area (Å²) < 4.78 is 23.9. The van der Waals surface area contributed by atoms with E-state index in [1.54, 1.807) is 19.1 Å². The Hall–Kier alpha value is -2.99. The van der Waals surface area contributed by atoms with E-state index < -0.39 is 9.84 Å². The van der Waals surface area contributed by atoms with Crippen LogP contribution < -0.4 is 0 Å². The molecule has 32 heavy (non-hydrogen) atoms. The van der Waals surface area contributed by atoms with E-state index in [4.69, 9.17) is 0 Å². The molecule has 0 N–H and O–H groups in total. The van der Waals surface area contributed by atoms with Gasteiger partial charge in [-0.05, 0) is 29.7 Å². The van der Waals surface area contributed by atoms with E-state index in [9.17, 15) is 13.2 Å². The van der Waals surface area contributed by atoms with Gasteiger partial charge in [-0.15, -0.1) is 0 Å². The van der Waals surface area contributed by atoms with Gasteiger partial charge in [-0.25, -0.2) is 8.42 Å². The second-order valence-corrected chi connectivity index (χ2v) is 10.5. The molecule has 1 amide bonds. The first-order chi connectivity index (χ1) is 15.5. The van der Waals surface area contributed by atoms with Crippen LogP contribution in [0.2, 0.25) is 0 Å². The highest BCUT2D eigenvalue weighted by Crippen LogP contribution is 2.39. The lowest BCUT2D eigenvalue weighted by Gasteiger charge is -2.18. The second kappa shape index (κ2) is 9.65. The maximum atomic E-state index is 13.0. The van der Waals surface area contributed by atoms with Crippen LogP contribution in [0.15, 0.2) is 83.9 Å². The number of aromatic nitrogens is 1. The molecule has 3 aromatic rings. The number of hydrogen-bond donors (Lipinski definition) is 0. The molecule has 2 aromatic carbocycles. The van der Waals surface area contributed by atoms with Gasteiger partial charge in [-0.3, -0.25) is 9.78 Å². The van der Waals surface area contributed by atoms with Crippen molar-refractivity contribution in [2.75, 3.05) is 18.8 Å². The van der Waals surface area contributed by atoms with Gasteiger partial charge in [0.2, 0.25) is 5.91 Å². The van der Waals surface area contributed by atoms with Crippen LogP contribution >= 0.6 is 0 Å². The number of carbonyl (C=O) groups is 1. The van der Waals surface area contributed by atoms with Crippen LogP contribution in [-0.2, 0) is 21.1 Å². The molecule has 1 aliphatic rings. The molecule has 1 saturated heterocycles. The SMILES string of the molecule is CCS(=O)(=O)c1ccc(CCC(=O)N2CC(c3ccccc3)C(c3ccccc3)C2)nc1. The summed E-state index contributed by atoms with van der Waals surface area (Å²) in [6.45, 7) is 3.01. The summed E-state index contributed by atoms with van der Waals surface area (Å²) in [6.07, 6.45) is 2.25. The average molecular weight is 449 g/mol. The molecule has 2 heterocycles. The minimum Gasteiger partial charge on any atom is -0.341 e.